The molecule has 1 N–H and O–H groups in total. The molecule has 2 atom stereocenters. The van der Waals surface area contributed by atoms with Crippen LogP contribution in [0.3, 0.4) is 0 Å². The second-order valence-corrected chi connectivity index (χ2v) is 10.4. The van der Waals surface area contributed by atoms with Crippen LogP contribution in [0.4, 0.5) is 0 Å². The Balaban J connectivity index is 2.10. The van der Waals surface area contributed by atoms with Crippen LogP contribution in [-0.4, -0.2) is 84.9 Å². The number of likely N-dealkylation sites (tertiary alicyclic amines) is 1. The SMILES string of the molecule is CC(C)CN(C(C)C)[C@H]1CCN(C(=O)[C@@H](Cc2ccc(Cl)cc2)NC(=O)CCN(C)C)C1. The monoisotopic (exact) mass is 464 g/mol. The Morgan fingerprint density at radius 2 is 1.81 bits per heavy atom. The van der Waals surface area contributed by atoms with Gasteiger partial charge in [0.15, 0.2) is 0 Å². The number of rotatable bonds is 11. The Labute approximate surface area is 199 Å². The van der Waals surface area contributed by atoms with Crippen LogP contribution in [0.15, 0.2) is 24.3 Å². The van der Waals surface area contributed by atoms with E-state index >= 15 is 0 Å². The summed E-state index contributed by atoms with van der Waals surface area (Å²) < 4.78 is 0. The van der Waals surface area contributed by atoms with Gasteiger partial charge >= 0.3 is 0 Å². The lowest BCUT2D eigenvalue weighted by Gasteiger charge is -2.34. The van der Waals surface area contributed by atoms with Gasteiger partial charge in [0, 0.05) is 56.1 Å². The molecule has 1 aliphatic rings. The Morgan fingerprint density at radius 3 is 2.38 bits per heavy atom. The summed E-state index contributed by atoms with van der Waals surface area (Å²) in [7, 11) is 3.87. The van der Waals surface area contributed by atoms with Gasteiger partial charge in [0.05, 0.1) is 0 Å². The Hall–Kier alpha value is -1.63. The second kappa shape index (κ2) is 12.6. The highest BCUT2D eigenvalue weighted by molar-refractivity contribution is 6.30. The van der Waals surface area contributed by atoms with Crippen LogP contribution in [0.2, 0.25) is 5.02 Å². The molecule has 2 rings (SSSR count). The zero-order chi connectivity index (χ0) is 23.8. The fraction of sp³-hybridized carbons (Fsp3) is 0.680. The lowest BCUT2D eigenvalue weighted by molar-refractivity contribution is -0.135. The molecule has 1 saturated heterocycles. The molecule has 2 amide bonds. The molecule has 0 aliphatic carbocycles. The lowest BCUT2D eigenvalue weighted by Crippen LogP contribution is -2.51. The number of halogens is 1. The number of nitrogens with zero attached hydrogens (tertiary/aromatic N) is 3. The first kappa shape index (κ1) is 26.6. The van der Waals surface area contributed by atoms with Crippen LogP contribution in [0.25, 0.3) is 0 Å². The van der Waals surface area contributed by atoms with Gasteiger partial charge in [-0.05, 0) is 58.0 Å². The van der Waals surface area contributed by atoms with Gasteiger partial charge < -0.3 is 15.1 Å². The minimum Gasteiger partial charge on any atom is -0.344 e. The maximum absolute atomic E-state index is 13.5. The number of carbonyl (C=O) groups is 2. The van der Waals surface area contributed by atoms with Crippen LogP contribution in [0.5, 0.6) is 0 Å². The van der Waals surface area contributed by atoms with Crippen LogP contribution >= 0.6 is 11.6 Å². The number of nitrogens with one attached hydrogen (secondary N) is 1. The zero-order valence-corrected chi connectivity index (χ0v) is 21.4. The Morgan fingerprint density at radius 1 is 1.16 bits per heavy atom. The van der Waals surface area contributed by atoms with E-state index in [9.17, 15) is 9.59 Å². The average molecular weight is 465 g/mol. The van der Waals surface area contributed by atoms with Crippen molar-refractivity contribution in [1.29, 1.82) is 0 Å². The highest BCUT2D eigenvalue weighted by atomic mass is 35.5. The normalized spacial score (nSPS) is 17.6. The van der Waals surface area contributed by atoms with E-state index in [1.807, 2.05) is 48.2 Å². The average Bonchev–Trinajstić information content (AvgIpc) is 3.20. The van der Waals surface area contributed by atoms with Crippen LogP contribution in [0.1, 0.15) is 46.1 Å². The summed E-state index contributed by atoms with van der Waals surface area (Å²) in [5.74, 6) is 0.495. The molecule has 1 aromatic carbocycles. The Bertz CT molecular complexity index is 736. The van der Waals surface area contributed by atoms with Gasteiger partial charge in [-0.1, -0.05) is 37.6 Å². The van der Waals surface area contributed by atoms with Gasteiger partial charge in [-0.25, -0.2) is 0 Å². The third-order valence-corrected chi connectivity index (χ3v) is 6.21. The van der Waals surface area contributed by atoms with Crippen LogP contribution in [0, 0.1) is 5.92 Å². The topological polar surface area (TPSA) is 55.9 Å². The molecular formula is C25H41ClN4O2. The maximum Gasteiger partial charge on any atom is 0.245 e. The predicted molar refractivity (Wildman–Crippen MR) is 132 cm³/mol. The summed E-state index contributed by atoms with van der Waals surface area (Å²) in [6.07, 6.45) is 1.80. The largest absolute Gasteiger partial charge is 0.344 e. The molecule has 32 heavy (non-hydrogen) atoms. The molecule has 7 heteroatoms. The first-order chi connectivity index (χ1) is 15.1. The Kier molecular flexibility index (Phi) is 10.5. The van der Waals surface area contributed by atoms with Gasteiger partial charge in [-0.3, -0.25) is 14.5 Å². The lowest BCUT2D eigenvalue weighted by atomic mass is 10.0. The molecule has 1 heterocycles. The summed E-state index contributed by atoms with van der Waals surface area (Å²) in [5.41, 5.74) is 0.986. The molecule has 0 unspecified atom stereocenters. The smallest absolute Gasteiger partial charge is 0.245 e. The number of hydrogen-bond donors (Lipinski definition) is 1. The highest BCUT2D eigenvalue weighted by Crippen LogP contribution is 2.21. The molecule has 180 valence electrons. The molecule has 6 nitrogen and oxygen atoms in total. The summed E-state index contributed by atoms with van der Waals surface area (Å²) >= 11 is 6.02. The predicted octanol–water partition coefficient (Wildman–Crippen LogP) is 3.29. The molecule has 0 radical (unpaired) electrons. The standard InChI is InChI=1S/C25H41ClN4O2/c1-18(2)16-30(19(3)4)22-11-14-29(17-22)25(32)23(27-24(31)12-13-28(5)6)15-20-7-9-21(26)10-8-20/h7-10,18-19,22-23H,11-17H2,1-6H3,(H,27,31)/t22-,23+/m0/s1. The zero-order valence-electron chi connectivity index (χ0n) is 20.6. The summed E-state index contributed by atoms with van der Waals surface area (Å²) in [6, 6.07) is 7.72. The third kappa shape index (κ3) is 8.38. The first-order valence-corrected chi connectivity index (χ1v) is 12.2. The molecule has 1 aliphatic heterocycles. The van der Waals surface area contributed by atoms with Crippen molar-refractivity contribution in [2.24, 2.45) is 5.92 Å². The van der Waals surface area contributed by atoms with E-state index in [1.165, 1.54) is 0 Å². The van der Waals surface area contributed by atoms with Gasteiger partial charge in [-0.15, -0.1) is 0 Å². The van der Waals surface area contributed by atoms with Gasteiger partial charge in [0.25, 0.3) is 0 Å². The van der Waals surface area contributed by atoms with Gasteiger partial charge in [0.2, 0.25) is 11.8 Å². The fourth-order valence-corrected chi connectivity index (χ4v) is 4.41. The molecule has 0 aromatic heterocycles. The molecule has 0 bridgehead atoms. The van der Waals surface area contributed by atoms with E-state index in [0.29, 0.717) is 49.0 Å². The van der Waals surface area contributed by atoms with Crippen LogP contribution in [-0.2, 0) is 16.0 Å². The fourth-order valence-electron chi connectivity index (χ4n) is 4.28. The third-order valence-electron chi connectivity index (χ3n) is 5.96. The molecule has 1 aromatic rings. The quantitative estimate of drug-likeness (QED) is 0.546. The number of benzene rings is 1. The molecule has 0 saturated carbocycles. The van der Waals surface area contributed by atoms with Crippen molar-refractivity contribution >= 4 is 23.4 Å². The van der Waals surface area contributed by atoms with E-state index < -0.39 is 6.04 Å². The molecule has 1 fully saturated rings. The molecular weight excluding hydrogens is 424 g/mol. The van der Waals surface area contributed by atoms with Gasteiger partial charge in [0.1, 0.15) is 6.04 Å². The number of carbonyl (C=O) groups excluding carboxylic acids is 2. The van der Waals surface area contributed by atoms with Crippen molar-refractivity contribution in [3.05, 3.63) is 34.9 Å². The summed E-state index contributed by atoms with van der Waals surface area (Å²) in [6.45, 7) is 12.0. The second-order valence-electron chi connectivity index (χ2n) is 9.92. The van der Waals surface area contributed by atoms with E-state index in [1.54, 1.807) is 0 Å². The summed E-state index contributed by atoms with van der Waals surface area (Å²) in [4.78, 5) is 32.5. The van der Waals surface area contributed by atoms with E-state index in [0.717, 1.165) is 25.1 Å². The van der Waals surface area contributed by atoms with Crippen molar-refractivity contribution in [2.75, 3.05) is 40.3 Å². The highest BCUT2D eigenvalue weighted by Gasteiger charge is 2.35. The molecule has 0 spiro atoms. The minimum atomic E-state index is -0.567. The van der Waals surface area contributed by atoms with Crippen molar-refractivity contribution < 1.29 is 9.59 Å². The maximum atomic E-state index is 13.5. The van der Waals surface area contributed by atoms with Crippen molar-refractivity contribution in [1.82, 2.24) is 20.0 Å². The minimum absolute atomic E-state index is 0.00825. The van der Waals surface area contributed by atoms with Gasteiger partial charge in [-0.2, -0.15) is 0 Å². The number of amides is 2. The van der Waals surface area contributed by atoms with Crippen molar-refractivity contribution in [2.45, 2.75) is 65.1 Å². The van der Waals surface area contributed by atoms with E-state index in [2.05, 4.69) is 37.9 Å². The first-order valence-electron chi connectivity index (χ1n) is 11.8. The van der Waals surface area contributed by atoms with Crippen LogP contribution < -0.4 is 5.32 Å². The van der Waals surface area contributed by atoms with Crippen molar-refractivity contribution in [3.63, 3.8) is 0 Å². The summed E-state index contributed by atoms with van der Waals surface area (Å²) in [5, 5.41) is 3.67. The number of hydrogen-bond acceptors (Lipinski definition) is 4. The van der Waals surface area contributed by atoms with E-state index in [-0.39, 0.29) is 11.8 Å². The van der Waals surface area contributed by atoms with E-state index in [4.69, 9.17) is 11.6 Å². The van der Waals surface area contributed by atoms with Crippen molar-refractivity contribution in [3.8, 4) is 0 Å².